The van der Waals surface area contributed by atoms with E-state index in [-0.39, 0.29) is 5.91 Å². The van der Waals surface area contributed by atoms with Crippen molar-refractivity contribution in [1.82, 2.24) is 20.2 Å². The maximum Gasteiger partial charge on any atom is 0.270 e. The Balaban J connectivity index is 1.52. The van der Waals surface area contributed by atoms with Gasteiger partial charge in [0.25, 0.3) is 5.91 Å². The molecule has 1 aliphatic rings. The van der Waals surface area contributed by atoms with Gasteiger partial charge in [-0.3, -0.25) is 9.69 Å². The van der Waals surface area contributed by atoms with Gasteiger partial charge in [0, 0.05) is 31.9 Å². The lowest BCUT2D eigenvalue weighted by molar-refractivity contribution is 0.0383. The molecule has 1 aliphatic heterocycles. The van der Waals surface area contributed by atoms with Crippen molar-refractivity contribution < 1.29 is 13.9 Å². The standard InChI is InChI=1S/C17H23N5O3/c1-13-11-15(16(23)18-4-5-22-6-9-24-10-7-22)21-17(20-13)19-12-14-3-2-8-25-14/h2-3,8,11H,4-7,9-10,12H2,1H3,(H,18,23)(H,19,20,21). The fraction of sp³-hybridized carbons (Fsp3) is 0.471. The number of amides is 1. The predicted octanol–water partition coefficient (Wildman–Crippen LogP) is 1.05. The van der Waals surface area contributed by atoms with Crippen molar-refractivity contribution >= 4 is 11.9 Å². The average Bonchev–Trinajstić information content (AvgIpc) is 3.14. The summed E-state index contributed by atoms with van der Waals surface area (Å²) in [5, 5.41) is 5.99. The fourth-order valence-electron chi connectivity index (χ4n) is 2.59. The van der Waals surface area contributed by atoms with Crippen molar-refractivity contribution in [3.63, 3.8) is 0 Å². The van der Waals surface area contributed by atoms with Gasteiger partial charge in [0.1, 0.15) is 11.5 Å². The van der Waals surface area contributed by atoms with Crippen LogP contribution in [0.3, 0.4) is 0 Å². The van der Waals surface area contributed by atoms with E-state index in [1.165, 1.54) is 0 Å². The molecule has 2 N–H and O–H groups in total. The lowest BCUT2D eigenvalue weighted by Gasteiger charge is -2.26. The van der Waals surface area contributed by atoms with E-state index < -0.39 is 0 Å². The Morgan fingerprint density at radius 2 is 2.16 bits per heavy atom. The van der Waals surface area contributed by atoms with Crippen LogP contribution >= 0.6 is 0 Å². The Kier molecular flexibility index (Phi) is 5.97. The molecule has 0 aromatic carbocycles. The second kappa shape index (κ2) is 8.59. The monoisotopic (exact) mass is 345 g/mol. The third-order valence-electron chi connectivity index (χ3n) is 3.90. The lowest BCUT2D eigenvalue weighted by Crippen LogP contribution is -2.41. The van der Waals surface area contributed by atoms with Crippen LogP contribution in [0.1, 0.15) is 21.9 Å². The van der Waals surface area contributed by atoms with E-state index in [2.05, 4.69) is 25.5 Å². The second-order valence-corrected chi connectivity index (χ2v) is 5.86. The summed E-state index contributed by atoms with van der Waals surface area (Å²) in [7, 11) is 0. The molecule has 8 nitrogen and oxygen atoms in total. The minimum atomic E-state index is -0.195. The molecule has 134 valence electrons. The van der Waals surface area contributed by atoms with Gasteiger partial charge in [0.15, 0.2) is 0 Å². The molecule has 0 unspecified atom stereocenters. The largest absolute Gasteiger partial charge is 0.467 e. The molecule has 0 spiro atoms. The van der Waals surface area contributed by atoms with Crippen LogP contribution in [0.4, 0.5) is 5.95 Å². The maximum absolute atomic E-state index is 12.3. The van der Waals surface area contributed by atoms with E-state index in [1.54, 1.807) is 12.3 Å². The van der Waals surface area contributed by atoms with Crippen molar-refractivity contribution in [3.05, 3.63) is 41.6 Å². The first kappa shape index (κ1) is 17.4. The Morgan fingerprint density at radius 1 is 1.32 bits per heavy atom. The molecular weight excluding hydrogens is 322 g/mol. The van der Waals surface area contributed by atoms with Gasteiger partial charge >= 0.3 is 0 Å². The van der Waals surface area contributed by atoms with E-state index in [0.29, 0.717) is 24.7 Å². The van der Waals surface area contributed by atoms with Gasteiger partial charge in [-0.2, -0.15) is 0 Å². The van der Waals surface area contributed by atoms with Crippen LogP contribution in [0, 0.1) is 6.92 Å². The zero-order chi connectivity index (χ0) is 17.5. The zero-order valence-corrected chi connectivity index (χ0v) is 14.3. The number of morpholine rings is 1. The van der Waals surface area contributed by atoms with Crippen LogP contribution in [0.25, 0.3) is 0 Å². The normalized spacial score (nSPS) is 15.1. The lowest BCUT2D eigenvalue weighted by atomic mass is 10.3. The zero-order valence-electron chi connectivity index (χ0n) is 14.3. The second-order valence-electron chi connectivity index (χ2n) is 5.86. The molecule has 0 saturated carbocycles. The van der Waals surface area contributed by atoms with Crippen LogP contribution < -0.4 is 10.6 Å². The summed E-state index contributed by atoms with van der Waals surface area (Å²) in [6, 6.07) is 5.37. The molecule has 1 fully saturated rings. The van der Waals surface area contributed by atoms with E-state index in [1.807, 2.05) is 19.1 Å². The van der Waals surface area contributed by atoms with Crippen molar-refractivity contribution in [2.45, 2.75) is 13.5 Å². The highest BCUT2D eigenvalue weighted by molar-refractivity contribution is 5.92. The number of rotatable bonds is 7. The van der Waals surface area contributed by atoms with Gasteiger partial charge in [-0.15, -0.1) is 0 Å². The molecule has 0 aliphatic carbocycles. The molecule has 0 radical (unpaired) electrons. The number of aromatic nitrogens is 2. The molecule has 2 aromatic rings. The van der Waals surface area contributed by atoms with E-state index in [9.17, 15) is 4.79 Å². The van der Waals surface area contributed by atoms with Gasteiger partial charge in [-0.25, -0.2) is 9.97 Å². The Bertz CT molecular complexity index is 684. The highest BCUT2D eigenvalue weighted by Crippen LogP contribution is 2.08. The summed E-state index contributed by atoms with van der Waals surface area (Å²) < 4.78 is 10.6. The van der Waals surface area contributed by atoms with Crippen LogP contribution in [-0.2, 0) is 11.3 Å². The van der Waals surface area contributed by atoms with Crippen molar-refractivity contribution in [3.8, 4) is 0 Å². The summed E-state index contributed by atoms with van der Waals surface area (Å²) in [5.74, 6) is 0.996. The number of hydrogen-bond donors (Lipinski definition) is 2. The fourth-order valence-corrected chi connectivity index (χ4v) is 2.59. The van der Waals surface area contributed by atoms with Crippen LogP contribution in [0.2, 0.25) is 0 Å². The van der Waals surface area contributed by atoms with Gasteiger partial charge in [-0.1, -0.05) is 0 Å². The SMILES string of the molecule is Cc1cc(C(=O)NCCN2CCOCC2)nc(NCc2ccco2)n1. The number of furan rings is 1. The molecule has 0 bridgehead atoms. The topological polar surface area (TPSA) is 92.5 Å². The number of carbonyl (C=O) groups excluding carboxylic acids is 1. The van der Waals surface area contributed by atoms with Crippen LogP contribution in [0.5, 0.6) is 0 Å². The number of anilines is 1. The summed E-state index contributed by atoms with van der Waals surface area (Å²) in [5.41, 5.74) is 1.09. The Hall–Kier alpha value is -2.45. The summed E-state index contributed by atoms with van der Waals surface area (Å²) in [6.07, 6.45) is 1.61. The molecular formula is C17H23N5O3. The first-order valence-electron chi connectivity index (χ1n) is 8.41. The minimum absolute atomic E-state index is 0.195. The van der Waals surface area contributed by atoms with Crippen molar-refractivity contribution in [2.75, 3.05) is 44.7 Å². The van der Waals surface area contributed by atoms with Crippen molar-refractivity contribution in [2.24, 2.45) is 0 Å². The first-order valence-corrected chi connectivity index (χ1v) is 8.41. The number of ether oxygens (including phenoxy) is 1. The minimum Gasteiger partial charge on any atom is -0.467 e. The van der Waals surface area contributed by atoms with Crippen molar-refractivity contribution in [1.29, 1.82) is 0 Å². The summed E-state index contributed by atoms with van der Waals surface area (Å²) in [4.78, 5) is 23.2. The number of nitrogens with zero attached hydrogens (tertiary/aromatic N) is 3. The van der Waals surface area contributed by atoms with Crippen LogP contribution in [0.15, 0.2) is 28.9 Å². The maximum atomic E-state index is 12.3. The highest BCUT2D eigenvalue weighted by atomic mass is 16.5. The quantitative estimate of drug-likeness (QED) is 0.775. The number of aryl methyl sites for hydroxylation is 1. The molecule has 25 heavy (non-hydrogen) atoms. The predicted molar refractivity (Wildman–Crippen MR) is 92.4 cm³/mol. The molecule has 1 amide bonds. The smallest absolute Gasteiger partial charge is 0.270 e. The third-order valence-corrected chi connectivity index (χ3v) is 3.90. The van der Waals surface area contributed by atoms with E-state index >= 15 is 0 Å². The summed E-state index contributed by atoms with van der Waals surface area (Å²) in [6.45, 7) is 7.01. The van der Waals surface area contributed by atoms with E-state index in [4.69, 9.17) is 9.15 Å². The van der Waals surface area contributed by atoms with Gasteiger partial charge in [-0.05, 0) is 25.1 Å². The Labute approximate surface area is 146 Å². The highest BCUT2D eigenvalue weighted by Gasteiger charge is 2.13. The molecule has 0 atom stereocenters. The van der Waals surface area contributed by atoms with Crippen LogP contribution in [-0.4, -0.2) is 60.2 Å². The molecule has 3 heterocycles. The number of carbonyl (C=O) groups is 1. The summed E-state index contributed by atoms with van der Waals surface area (Å²) >= 11 is 0. The molecule has 8 heteroatoms. The number of hydrogen-bond acceptors (Lipinski definition) is 7. The number of nitrogens with one attached hydrogen (secondary N) is 2. The first-order chi connectivity index (χ1) is 12.2. The van der Waals surface area contributed by atoms with Gasteiger partial charge in [0.05, 0.1) is 26.0 Å². The third kappa shape index (κ3) is 5.27. The molecule has 2 aromatic heterocycles. The molecule has 3 rings (SSSR count). The van der Waals surface area contributed by atoms with Gasteiger partial charge in [0.2, 0.25) is 5.95 Å². The van der Waals surface area contributed by atoms with Gasteiger partial charge < -0.3 is 19.8 Å². The Morgan fingerprint density at radius 3 is 2.92 bits per heavy atom. The average molecular weight is 345 g/mol. The van der Waals surface area contributed by atoms with E-state index in [0.717, 1.165) is 44.3 Å². The molecule has 1 saturated heterocycles.